The lowest BCUT2D eigenvalue weighted by Crippen LogP contribution is -2.55. The summed E-state index contributed by atoms with van der Waals surface area (Å²) in [4.78, 5) is 10.0. The van der Waals surface area contributed by atoms with E-state index in [-0.39, 0.29) is 15.9 Å². The standard InChI is InChI=1S/C7H3Cl7O/c8-1-6(12)4(15)2(9)3(10)7(13,14)5(6)11/h5H,1H2/t5-,6-/m0/s1. The molecule has 0 amide bonds. The van der Waals surface area contributed by atoms with Crippen LogP contribution in [0.25, 0.3) is 0 Å². The summed E-state index contributed by atoms with van der Waals surface area (Å²) in [6, 6.07) is 0. The minimum absolute atomic E-state index is 0.237. The highest BCUT2D eigenvalue weighted by Crippen LogP contribution is 2.52. The van der Waals surface area contributed by atoms with Crippen molar-refractivity contribution in [1.82, 2.24) is 0 Å². The Kier molecular flexibility index (Phi) is 4.45. The van der Waals surface area contributed by atoms with Gasteiger partial charge in [0.25, 0.3) is 0 Å². The van der Waals surface area contributed by atoms with E-state index in [0.29, 0.717) is 0 Å². The summed E-state index contributed by atoms with van der Waals surface area (Å²) in [5.74, 6) is -0.953. The summed E-state index contributed by atoms with van der Waals surface area (Å²) in [6.07, 6.45) is 0. The van der Waals surface area contributed by atoms with Crippen LogP contribution in [-0.4, -0.2) is 26.2 Å². The smallest absolute Gasteiger partial charge is 0.199 e. The molecule has 0 unspecified atom stereocenters. The van der Waals surface area contributed by atoms with E-state index < -0.39 is 20.4 Å². The Morgan fingerprint density at radius 3 is 2.07 bits per heavy atom. The number of carbonyl (C=O) groups is 1. The van der Waals surface area contributed by atoms with Gasteiger partial charge >= 0.3 is 0 Å². The molecule has 8 heteroatoms. The molecule has 1 aliphatic carbocycles. The maximum Gasteiger partial charge on any atom is 0.199 e. The zero-order valence-electron chi connectivity index (χ0n) is 6.84. The monoisotopic (exact) mass is 348 g/mol. The maximum absolute atomic E-state index is 11.7. The first-order valence-corrected chi connectivity index (χ1v) is 6.43. The third-order valence-corrected chi connectivity index (χ3v) is 6.05. The molecule has 0 heterocycles. The number of ketones is 1. The molecule has 0 N–H and O–H groups in total. The molecule has 2 atom stereocenters. The quantitative estimate of drug-likeness (QED) is 0.646. The van der Waals surface area contributed by atoms with Crippen molar-refractivity contribution >= 4 is 87.0 Å². The van der Waals surface area contributed by atoms with Gasteiger partial charge in [-0.1, -0.05) is 46.4 Å². The van der Waals surface area contributed by atoms with E-state index in [1.807, 2.05) is 0 Å². The summed E-state index contributed by atoms with van der Waals surface area (Å²) in [5, 5.41) is -1.75. The highest BCUT2D eigenvalue weighted by molar-refractivity contribution is 6.67. The lowest BCUT2D eigenvalue weighted by atomic mass is 9.92. The molecule has 0 fully saturated rings. The fourth-order valence-corrected chi connectivity index (χ4v) is 3.36. The minimum Gasteiger partial charge on any atom is -0.291 e. The molecular formula is C7H3Cl7O. The first-order valence-electron chi connectivity index (χ1n) is 3.57. The van der Waals surface area contributed by atoms with Crippen LogP contribution >= 0.6 is 81.2 Å². The Morgan fingerprint density at radius 1 is 1.20 bits per heavy atom. The van der Waals surface area contributed by atoms with Gasteiger partial charge in [0.15, 0.2) is 10.1 Å². The van der Waals surface area contributed by atoms with E-state index in [2.05, 4.69) is 0 Å². The SMILES string of the molecule is O=C1C(Cl)=C(Cl)C(Cl)(Cl)[C@@H](Cl)[C@]1(Cl)CCl. The number of Topliss-reactive ketones (excluding diaryl/α,β-unsaturated/α-hetero) is 1. The van der Waals surface area contributed by atoms with E-state index in [9.17, 15) is 4.79 Å². The van der Waals surface area contributed by atoms with Crippen LogP contribution in [0.15, 0.2) is 10.1 Å². The van der Waals surface area contributed by atoms with Gasteiger partial charge < -0.3 is 0 Å². The number of carbonyl (C=O) groups excluding carboxylic acids is 1. The van der Waals surface area contributed by atoms with Gasteiger partial charge in [0.1, 0.15) is 9.91 Å². The van der Waals surface area contributed by atoms with Crippen molar-refractivity contribution in [2.45, 2.75) is 14.6 Å². The molecule has 0 aromatic heterocycles. The summed E-state index contributed by atoms with van der Waals surface area (Å²) >= 11 is 40.5. The first kappa shape index (κ1) is 14.5. The zero-order valence-corrected chi connectivity index (χ0v) is 12.1. The maximum atomic E-state index is 11.7. The zero-order chi connectivity index (χ0) is 12.0. The van der Waals surface area contributed by atoms with Gasteiger partial charge in [0.2, 0.25) is 0 Å². The van der Waals surface area contributed by atoms with Crippen molar-refractivity contribution in [1.29, 1.82) is 0 Å². The van der Waals surface area contributed by atoms with Crippen LogP contribution in [0.2, 0.25) is 0 Å². The molecule has 0 aromatic carbocycles. The van der Waals surface area contributed by atoms with Crippen LogP contribution in [0.3, 0.4) is 0 Å². The number of halogens is 7. The molecule has 1 nitrogen and oxygen atoms in total. The average molecular weight is 351 g/mol. The van der Waals surface area contributed by atoms with Gasteiger partial charge in [-0.15, -0.1) is 34.8 Å². The van der Waals surface area contributed by atoms with E-state index in [1.165, 1.54) is 0 Å². The van der Waals surface area contributed by atoms with Crippen LogP contribution in [0.1, 0.15) is 0 Å². The number of hydrogen-bond donors (Lipinski definition) is 0. The van der Waals surface area contributed by atoms with Gasteiger partial charge in [0, 0.05) is 0 Å². The number of rotatable bonds is 1. The summed E-state index contributed by atoms with van der Waals surface area (Å²) in [6.45, 7) is 0. The second-order valence-corrected chi connectivity index (χ2v) is 6.46. The average Bonchev–Trinajstić information content (AvgIpc) is 2.22. The Labute approximate surface area is 122 Å². The van der Waals surface area contributed by atoms with Gasteiger partial charge in [0.05, 0.1) is 16.3 Å². The van der Waals surface area contributed by atoms with E-state index in [0.717, 1.165) is 0 Å². The minimum atomic E-state index is -1.73. The van der Waals surface area contributed by atoms with E-state index >= 15 is 0 Å². The molecule has 1 rings (SSSR count). The molecule has 1 aliphatic rings. The predicted molar refractivity (Wildman–Crippen MR) is 67.1 cm³/mol. The highest BCUT2D eigenvalue weighted by atomic mass is 35.5. The molecule has 0 aliphatic heterocycles. The fraction of sp³-hybridized carbons (Fsp3) is 0.571. The van der Waals surface area contributed by atoms with Crippen LogP contribution in [0, 0.1) is 0 Å². The van der Waals surface area contributed by atoms with Crippen LogP contribution in [-0.2, 0) is 4.79 Å². The number of hydrogen-bond acceptors (Lipinski definition) is 1. The second kappa shape index (κ2) is 4.61. The Balaban J connectivity index is 3.40. The Morgan fingerprint density at radius 2 is 1.67 bits per heavy atom. The van der Waals surface area contributed by atoms with Crippen molar-refractivity contribution in [2.24, 2.45) is 0 Å². The van der Waals surface area contributed by atoms with Crippen molar-refractivity contribution in [3.8, 4) is 0 Å². The lowest BCUT2D eigenvalue weighted by Gasteiger charge is -2.39. The van der Waals surface area contributed by atoms with Crippen LogP contribution < -0.4 is 0 Å². The van der Waals surface area contributed by atoms with E-state index in [1.54, 1.807) is 0 Å². The van der Waals surface area contributed by atoms with Gasteiger partial charge in [-0.25, -0.2) is 0 Å². The molecule has 0 saturated carbocycles. The molecule has 86 valence electrons. The summed E-state index contributed by atoms with van der Waals surface area (Å²) in [7, 11) is 0. The molecule has 0 spiro atoms. The van der Waals surface area contributed by atoms with Crippen molar-refractivity contribution in [3.05, 3.63) is 10.1 Å². The third-order valence-electron chi connectivity index (χ3n) is 1.98. The fourth-order valence-electron chi connectivity index (χ4n) is 1.07. The Bertz CT molecular complexity index is 336. The van der Waals surface area contributed by atoms with Crippen molar-refractivity contribution in [2.75, 3.05) is 5.88 Å². The molecule has 15 heavy (non-hydrogen) atoms. The topological polar surface area (TPSA) is 17.1 Å². The van der Waals surface area contributed by atoms with Gasteiger partial charge in [-0.2, -0.15) is 0 Å². The third kappa shape index (κ3) is 2.10. The summed E-state index contributed by atoms with van der Waals surface area (Å²) in [5.41, 5.74) is 0. The molecule has 0 saturated heterocycles. The van der Waals surface area contributed by atoms with E-state index in [4.69, 9.17) is 81.2 Å². The molecule has 0 radical (unpaired) electrons. The molecular weight excluding hydrogens is 348 g/mol. The van der Waals surface area contributed by atoms with Crippen molar-refractivity contribution in [3.63, 3.8) is 0 Å². The number of allylic oxidation sites excluding steroid dienone is 2. The van der Waals surface area contributed by atoms with Gasteiger partial charge in [-0.3, -0.25) is 4.79 Å². The Hall–Kier alpha value is 1.44. The lowest BCUT2D eigenvalue weighted by molar-refractivity contribution is -0.117. The number of alkyl halides is 5. The predicted octanol–water partition coefficient (Wildman–Crippen LogP) is 4.26. The van der Waals surface area contributed by atoms with Crippen molar-refractivity contribution < 1.29 is 4.79 Å². The first-order chi connectivity index (χ1) is 6.69. The van der Waals surface area contributed by atoms with Crippen LogP contribution in [0.4, 0.5) is 0 Å². The van der Waals surface area contributed by atoms with Gasteiger partial charge in [-0.05, 0) is 0 Å². The largest absolute Gasteiger partial charge is 0.291 e. The highest BCUT2D eigenvalue weighted by Gasteiger charge is 2.59. The van der Waals surface area contributed by atoms with Crippen LogP contribution in [0.5, 0.6) is 0 Å². The normalized spacial score (nSPS) is 35.9. The second-order valence-electron chi connectivity index (χ2n) is 2.94. The molecule has 0 aromatic rings. The summed E-state index contributed by atoms with van der Waals surface area (Å²) < 4.78 is -1.73. The molecule has 0 bridgehead atoms.